The Balaban J connectivity index is 2.25. The number of Topliss-reactive ketones (excluding diaryl/α,β-unsaturated/α-hetero) is 1. The van der Waals surface area contributed by atoms with Crippen LogP contribution in [0.25, 0.3) is 0 Å². The molecule has 0 bridgehead atoms. The van der Waals surface area contributed by atoms with Gasteiger partial charge in [-0.25, -0.2) is 0 Å². The molecule has 17 heavy (non-hydrogen) atoms. The van der Waals surface area contributed by atoms with Gasteiger partial charge in [-0.3, -0.25) is 4.79 Å². The lowest BCUT2D eigenvalue weighted by atomic mass is 10.0. The summed E-state index contributed by atoms with van der Waals surface area (Å²) in [5.41, 5.74) is 3.73. The second-order valence-electron chi connectivity index (χ2n) is 4.43. The lowest BCUT2D eigenvalue weighted by Crippen LogP contribution is -1.92. The van der Waals surface area contributed by atoms with E-state index in [0.717, 1.165) is 12.2 Å². The quantitative estimate of drug-likeness (QED) is 0.750. The standard InChI is InChI=1S/C15H16O2/c1-10-4-5-11(2)13(8-10)9-14-6-7-15(17-14)12(3)16/h4-8H,9H2,1-3H3. The summed E-state index contributed by atoms with van der Waals surface area (Å²) < 4.78 is 5.49. The predicted octanol–water partition coefficient (Wildman–Crippen LogP) is 3.69. The highest BCUT2D eigenvalue weighted by molar-refractivity contribution is 5.91. The molecule has 2 aromatic rings. The van der Waals surface area contributed by atoms with Crippen LogP contribution in [-0.2, 0) is 6.42 Å². The monoisotopic (exact) mass is 228 g/mol. The van der Waals surface area contributed by atoms with Gasteiger partial charge < -0.3 is 4.42 Å². The lowest BCUT2D eigenvalue weighted by Gasteiger charge is -2.05. The van der Waals surface area contributed by atoms with Crippen LogP contribution in [0.2, 0.25) is 0 Å². The molecule has 0 saturated carbocycles. The van der Waals surface area contributed by atoms with Crippen molar-refractivity contribution in [2.45, 2.75) is 27.2 Å². The zero-order valence-electron chi connectivity index (χ0n) is 10.4. The summed E-state index contributed by atoms with van der Waals surface area (Å²) in [5.74, 6) is 1.24. The van der Waals surface area contributed by atoms with Crippen molar-refractivity contribution in [2.75, 3.05) is 0 Å². The largest absolute Gasteiger partial charge is 0.458 e. The molecule has 0 saturated heterocycles. The number of carbonyl (C=O) groups is 1. The molecule has 0 radical (unpaired) electrons. The fourth-order valence-corrected chi connectivity index (χ4v) is 1.84. The normalized spacial score (nSPS) is 10.5. The molecule has 0 atom stereocenters. The molecule has 2 heteroatoms. The zero-order chi connectivity index (χ0) is 12.4. The van der Waals surface area contributed by atoms with Crippen molar-refractivity contribution >= 4 is 5.78 Å². The number of benzene rings is 1. The van der Waals surface area contributed by atoms with Gasteiger partial charge in [0.05, 0.1) is 0 Å². The maximum Gasteiger partial charge on any atom is 0.194 e. The fraction of sp³-hybridized carbons (Fsp3) is 0.267. The summed E-state index contributed by atoms with van der Waals surface area (Å²) in [6.07, 6.45) is 0.737. The Morgan fingerprint density at radius 2 is 1.94 bits per heavy atom. The van der Waals surface area contributed by atoms with Gasteiger partial charge >= 0.3 is 0 Å². The molecular formula is C15H16O2. The Labute approximate surface area is 101 Å². The van der Waals surface area contributed by atoms with Gasteiger partial charge in [0, 0.05) is 13.3 Å². The van der Waals surface area contributed by atoms with E-state index >= 15 is 0 Å². The summed E-state index contributed by atoms with van der Waals surface area (Å²) in [4.78, 5) is 11.1. The molecule has 0 amide bonds. The molecular weight excluding hydrogens is 212 g/mol. The molecule has 0 spiro atoms. The summed E-state index contributed by atoms with van der Waals surface area (Å²) in [6, 6.07) is 9.98. The number of hydrogen-bond acceptors (Lipinski definition) is 2. The van der Waals surface area contributed by atoms with Crippen LogP contribution in [0, 0.1) is 13.8 Å². The molecule has 1 aromatic heterocycles. The van der Waals surface area contributed by atoms with Crippen LogP contribution in [0.3, 0.4) is 0 Å². The van der Waals surface area contributed by atoms with Crippen LogP contribution < -0.4 is 0 Å². The number of hydrogen-bond donors (Lipinski definition) is 0. The first kappa shape index (κ1) is 11.6. The molecule has 0 aliphatic carbocycles. The first-order valence-corrected chi connectivity index (χ1v) is 5.72. The fourth-order valence-electron chi connectivity index (χ4n) is 1.84. The first-order chi connectivity index (χ1) is 8.06. The Morgan fingerprint density at radius 1 is 1.18 bits per heavy atom. The lowest BCUT2D eigenvalue weighted by molar-refractivity contribution is 0.0985. The number of carbonyl (C=O) groups excluding carboxylic acids is 1. The van der Waals surface area contributed by atoms with Crippen LogP contribution in [-0.4, -0.2) is 5.78 Å². The van der Waals surface area contributed by atoms with Crippen LogP contribution in [0.15, 0.2) is 34.7 Å². The van der Waals surface area contributed by atoms with Crippen LogP contribution >= 0.6 is 0 Å². The summed E-state index contributed by atoms with van der Waals surface area (Å²) in [6.45, 7) is 5.68. The molecule has 2 rings (SSSR count). The molecule has 0 fully saturated rings. The molecule has 0 aliphatic rings. The van der Waals surface area contributed by atoms with Crippen molar-refractivity contribution in [1.29, 1.82) is 0 Å². The highest BCUT2D eigenvalue weighted by atomic mass is 16.3. The van der Waals surface area contributed by atoms with E-state index in [1.165, 1.54) is 23.6 Å². The van der Waals surface area contributed by atoms with Crippen molar-refractivity contribution in [3.8, 4) is 0 Å². The van der Waals surface area contributed by atoms with E-state index in [0.29, 0.717) is 5.76 Å². The number of furan rings is 1. The van der Waals surface area contributed by atoms with Crippen molar-refractivity contribution < 1.29 is 9.21 Å². The van der Waals surface area contributed by atoms with Gasteiger partial charge in [-0.1, -0.05) is 23.8 Å². The van der Waals surface area contributed by atoms with Gasteiger partial charge in [0.1, 0.15) is 5.76 Å². The molecule has 0 N–H and O–H groups in total. The van der Waals surface area contributed by atoms with Crippen LogP contribution in [0.4, 0.5) is 0 Å². The van der Waals surface area contributed by atoms with Crippen molar-refractivity contribution in [1.82, 2.24) is 0 Å². The third kappa shape index (κ3) is 2.64. The average molecular weight is 228 g/mol. The third-order valence-electron chi connectivity index (χ3n) is 2.88. The second-order valence-corrected chi connectivity index (χ2v) is 4.43. The minimum absolute atomic E-state index is 0.0304. The van der Waals surface area contributed by atoms with Gasteiger partial charge in [0.25, 0.3) is 0 Å². The van der Waals surface area contributed by atoms with E-state index in [4.69, 9.17) is 4.42 Å². The van der Waals surface area contributed by atoms with E-state index in [-0.39, 0.29) is 5.78 Å². The highest BCUT2D eigenvalue weighted by Gasteiger charge is 2.08. The number of aryl methyl sites for hydroxylation is 2. The van der Waals surface area contributed by atoms with E-state index in [1.54, 1.807) is 6.07 Å². The van der Waals surface area contributed by atoms with Crippen molar-refractivity contribution in [3.63, 3.8) is 0 Å². The molecule has 2 nitrogen and oxygen atoms in total. The highest BCUT2D eigenvalue weighted by Crippen LogP contribution is 2.17. The Bertz CT molecular complexity index is 550. The zero-order valence-corrected chi connectivity index (χ0v) is 10.4. The Hall–Kier alpha value is -1.83. The summed E-state index contributed by atoms with van der Waals surface area (Å²) in [7, 11) is 0. The first-order valence-electron chi connectivity index (χ1n) is 5.72. The predicted molar refractivity (Wildman–Crippen MR) is 67.4 cm³/mol. The Kier molecular flexibility index (Phi) is 3.14. The topological polar surface area (TPSA) is 30.2 Å². The minimum atomic E-state index is -0.0304. The van der Waals surface area contributed by atoms with Crippen LogP contribution in [0.5, 0.6) is 0 Å². The van der Waals surface area contributed by atoms with E-state index in [2.05, 4.69) is 32.0 Å². The van der Waals surface area contributed by atoms with Crippen molar-refractivity contribution in [2.24, 2.45) is 0 Å². The van der Waals surface area contributed by atoms with E-state index in [9.17, 15) is 4.79 Å². The molecule has 88 valence electrons. The molecule has 1 aromatic carbocycles. The summed E-state index contributed by atoms with van der Waals surface area (Å²) in [5, 5.41) is 0. The second kappa shape index (κ2) is 4.58. The smallest absolute Gasteiger partial charge is 0.194 e. The van der Waals surface area contributed by atoms with Gasteiger partial charge in [0.15, 0.2) is 11.5 Å². The SMILES string of the molecule is CC(=O)c1ccc(Cc2cc(C)ccc2C)o1. The van der Waals surface area contributed by atoms with E-state index in [1.807, 2.05) is 6.07 Å². The molecule has 0 aliphatic heterocycles. The average Bonchev–Trinajstić information content (AvgIpc) is 2.72. The number of ketones is 1. The maximum absolute atomic E-state index is 11.1. The van der Waals surface area contributed by atoms with E-state index < -0.39 is 0 Å². The molecule has 0 unspecified atom stereocenters. The van der Waals surface area contributed by atoms with Gasteiger partial charge in [-0.05, 0) is 37.1 Å². The van der Waals surface area contributed by atoms with Crippen LogP contribution in [0.1, 0.15) is 39.9 Å². The molecule has 1 heterocycles. The van der Waals surface area contributed by atoms with Gasteiger partial charge in [0.2, 0.25) is 0 Å². The Morgan fingerprint density at radius 3 is 2.59 bits per heavy atom. The summed E-state index contributed by atoms with van der Waals surface area (Å²) >= 11 is 0. The van der Waals surface area contributed by atoms with Gasteiger partial charge in [-0.15, -0.1) is 0 Å². The third-order valence-corrected chi connectivity index (χ3v) is 2.88. The maximum atomic E-state index is 11.1. The van der Waals surface area contributed by atoms with Crippen molar-refractivity contribution in [3.05, 3.63) is 58.5 Å². The van der Waals surface area contributed by atoms with Gasteiger partial charge in [-0.2, -0.15) is 0 Å². The minimum Gasteiger partial charge on any atom is -0.458 e. The number of rotatable bonds is 3.